The van der Waals surface area contributed by atoms with Gasteiger partial charge in [0.15, 0.2) is 0 Å². The van der Waals surface area contributed by atoms with Gasteiger partial charge in [-0.05, 0) is 107 Å². The number of rotatable bonds is 13. The Bertz CT molecular complexity index is 2270. The zero-order chi connectivity index (χ0) is 38.3. The van der Waals surface area contributed by atoms with E-state index in [-0.39, 0.29) is 5.56 Å². The lowest BCUT2D eigenvalue weighted by atomic mass is 10.0. The summed E-state index contributed by atoms with van der Waals surface area (Å²) in [6.45, 7) is 0. The summed E-state index contributed by atoms with van der Waals surface area (Å²) in [4.78, 5) is 47.2. The molecule has 13 nitrogen and oxygen atoms in total. The number of nitrogens with one attached hydrogen (secondary N) is 4. The van der Waals surface area contributed by atoms with E-state index >= 15 is 4.39 Å². The van der Waals surface area contributed by atoms with Gasteiger partial charge in [-0.15, -0.1) is 0 Å². The van der Waals surface area contributed by atoms with Crippen LogP contribution in [0.5, 0.6) is 11.5 Å². The highest BCUT2D eigenvalue weighted by Gasteiger charge is 2.09. The molecule has 0 unspecified atom stereocenters. The molecule has 0 heterocycles. The summed E-state index contributed by atoms with van der Waals surface area (Å²) >= 11 is 0. The number of ether oxygens (including phenoxy) is 1. The molecule has 4 amide bonds. The number of carbonyl (C=O) groups excluding carboxylic acids is 4. The Hall–Kier alpha value is -7.55. The number of nitrogens with zero attached hydrogens (tertiary/aromatic N) is 2. The molecule has 14 heteroatoms. The van der Waals surface area contributed by atoms with Gasteiger partial charge in [-0.2, -0.15) is 10.2 Å². The number of halogens is 1. The zero-order valence-electron chi connectivity index (χ0n) is 28.1. The average Bonchev–Trinajstić information content (AvgIpc) is 3.20. The van der Waals surface area contributed by atoms with E-state index in [0.717, 1.165) is 12.2 Å². The van der Waals surface area contributed by atoms with Gasteiger partial charge in [-0.1, -0.05) is 48.5 Å². The summed E-state index contributed by atoms with van der Waals surface area (Å²) < 4.78 is 21.2. The maximum absolute atomic E-state index is 15.2. The standard InChI is InChI=1S/C40H31FN6O7/c41-36-22-29(25-43-45-40(51)32-5-1-3-27(21-32)13-20-38(49)47-53)11-18-35(36)31-4-2-6-34(23-31)54-33-16-9-28(10-17-33)24-42-44-39(50)30-14-7-26(8-15-30)12-19-37(48)46-52/h1-25,52-53H,(H,44,50)(H,45,51)(H,46,48)(H,47,49)/b19-12+,20-13+,42-24+,43-25+. The van der Waals surface area contributed by atoms with E-state index in [0.29, 0.717) is 50.4 Å². The second-order valence-corrected chi connectivity index (χ2v) is 11.2. The quantitative estimate of drug-likeness (QED) is 0.0380. The van der Waals surface area contributed by atoms with Crippen molar-refractivity contribution >= 4 is 48.2 Å². The highest BCUT2D eigenvalue weighted by Crippen LogP contribution is 2.29. The number of carbonyl (C=O) groups is 4. The summed E-state index contributed by atoms with van der Waals surface area (Å²) in [6, 6.07) is 31.2. The largest absolute Gasteiger partial charge is 0.457 e. The van der Waals surface area contributed by atoms with E-state index in [1.54, 1.807) is 103 Å². The molecule has 0 bridgehead atoms. The lowest BCUT2D eigenvalue weighted by Crippen LogP contribution is -2.17. The maximum atomic E-state index is 15.2. The van der Waals surface area contributed by atoms with Gasteiger partial charge in [-0.25, -0.2) is 26.2 Å². The van der Waals surface area contributed by atoms with Crippen LogP contribution in [0.3, 0.4) is 0 Å². The molecule has 270 valence electrons. The van der Waals surface area contributed by atoms with Crippen LogP contribution < -0.4 is 26.5 Å². The monoisotopic (exact) mass is 726 g/mol. The van der Waals surface area contributed by atoms with Gasteiger partial charge in [0.2, 0.25) is 0 Å². The number of hydrogen-bond acceptors (Lipinski definition) is 9. The topological polar surface area (TPSA) is 191 Å². The van der Waals surface area contributed by atoms with Crippen molar-refractivity contribution in [2.24, 2.45) is 10.2 Å². The summed E-state index contributed by atoms with van der Waals surface area (Å²) in [5.41, 5.74) is 11.7. The molecule has 54 heavy (non-hydrogen) atoms. The molecule has 0 saturated heterocycles. The molecule has 0 aromatic heterocycles. The van der Waals surface area contributed by atoms with Crippen LogP contribution in [0.1, 0.15) is 43.0 Å². The smallest absolute Gasteiger partial charge is 0.271 e. The Morgan fingerprint density at radius 2 is 1.17 bits per heavy atom. The molecule has 0 spiro atoms. The van der Waals surface area contributed by atoms with Gasteiger partial charge in [0, 0.05) is 28.8 Å². The Kier molecular flexibility index (Phi) is 13.0. The highest BCUT2D eigenvalue weighted by molar-refractivity contribution is 5.97. The van der Waals surface area contributed by atoms with E-state index < -0.39 is 29.4 Å². The minimum atomic E-state index is -0.711. The van der Waals surface area contributed by atoms with Crippen LogP contribution in [0.2, 0.25) is 0 Å². The molecule has 0 aliphatic carbocycles. The van der Waals surface area contributed by atoms with Crippen molar-refractivity contribution in [3.8, 4) is 22.6 Å². The first kappa shape index (κ1) is 37.7. The second kappa shape index (κ2) is 18.6. The van der Waals surface area contributed by atoms with Crippen molar-refractivity contribution in [2.75, 3.05) is 0 Å². The van der Waals surface area contributed by atoms with E-state index in [9.17, 15) is 19.2 Å². The fourth-order valence-electron chi connectivity index (χ4n) is 4.74. The van der Waals surface area contributed by atoms with Crippen molar-refractivity contribution in [3.05, 3.63) is 167 Å². The SMILES string of the molecule is O=C(/C=C/c1ccc(C(=O)N/N=C/c2ccc(Oc3cccc(-c4ccc(/C=N/NC(=O)c5cccc(/C=C/C(=O)NO)c5)cc4F)c3)cc2)cc1)NO. The third kappa shape index (κ3) is 11.0. The third-order valence-corrected chi connectivity index (χ3v) is 7.41. The van der Waals surface area contributed by atoms with Gasteiger partial charge in [-0.3, -0.25) is 29.6 Å². The molecule has 5 rings (SSSR count). The van der Waals surface area contributed by atoms with Gasteiger partial charge in [0.05, 0.1) is 12.4 Å². The first-order chi connectivity index (χ1) is 26.2. The van der Waals surface area contributed by atoms with Gasteiger partial charge in [0.25, 0.3) is 23.6 Å². The van der Waals surface area contributed by atoms with Crippen molar-refractivity contribution in [2.45, 2.75) is 0 Å². The minimum absolute atomic E-state index is 0.276. The predicted molar refractivity (Wildman–Crippen MR) is 199 cm³/mol. The van der Waals surface area contributed by atoms with Crippen molar-refractivity contribution < 1.29 is 38.7 Å². The average molecular weight is 727 g/mol. The number of amides is 4. The fourth-order valence-corrected chi connectivity index (χ4v) is 4.74. The number of hydrogen-bond donors (Lipinski definition) is 6. The lowest BCUT2D eigenvalue weighted by Gasteiger charge is -2.09. The second-order valence-electron chi connectivity index (χ2n) is 11.2. The molecule has 5 aromatic carbocycles. The van der Waals surface area contributed by atoms with E-state index in [2.05, 4.69) is 21.1 Å². The molecule has 0 fully saturated rings. The first-order valence-corrected chi connectivity index (χ1v) is 16.0. The van der Waals surface area contributed by atoms with Crippen molar-refractivity contribution in [3.63, 3.8) is 0 Å². The zero-order valence-corrected chi connectivity index (χ0v) is 28.1. The Labute approximate surface area is 307 Å². The van der Waals surface area contributed by atoms with Crippen LogP contribution in [0.25, 0.3) is 23.3 Å². The summed E-state index contributed by atoms with van der Waals surface area (Å²) in [5, 5.41) is 25.1. The Morgan fingerprint density at radius 1 is 0.574 bits per heavy atom. The minimum Gasteiger partial charge on any atom is -0.457 e. The van der Waals surface area contributed by atoms with Gasteiger partial charge < -0.3 is 4.74 Å². The Balaban J connectivity index is 1.13. The number of benzene rings is 5. The number of hydroxylamine groups is 2. The van der Waals surface area contributed by atoms with E-state index in [4.69, 9.17) is 15.2 Å². The summed E-state index contributed by atoms with van der Waals surface area (Å²) in [6.07, 6.45) is 7.95. The molecular formula is C40H31FN6O7. The number of hydrazone groups is 2. The predicted octanol–water partition coefficient (Wildman–Crippen LogP) is 5.85. The van der Waals surface area contributed by atoms with Crippen LogP contribution in [0, 0.1) is 5.82 Å². The Morgan fingerprint density at radius 3 is 1.83 bits per heavy atom. The molecule has 0 aliphatic heterocycles. The molecule has 0 aliphatic rings. The normalized spacial score (nSPS) is 11.2. The van der Waals surface area contributed by atoms with Crippen LogP contribution in [0.4, 0.5) is 4.39 Å². The van der Waals surface area contributed by atoms with Crippen molar-refractivity contribution in [1.29, 1.82) is 0 Å². The summed E-state index contributed by atoms with van der Waals surface area (Å²) in [5.74, 6) is -1.84. The molecule has 5 aromatic rings. The molecule has 6 N–H and O–H groups in total. The molecular weight excluding hydrogens is 695 g/mol. The fraction of sp³-hybridized carbons (Fsp3) is 0. The van der Waals surface area contributed by atoms with Gasteiger partial charge >= 0.3 is 0 Å². The maximum Gasteiger partial charge on any atom is 0.271 e. The van der Waals surface area contributed by atoms with E-state index in [1.165, 1.54) is 47.7 Å². The van der Waals surface area contributed by atoms with Crippen LogP contribution >= 0.6 is 0 Å². The lowest BCUT2D eigenvalue weighted by molar-refractivity contribution is -0.124. The van der Waals surface area contributed by atoms with Crippen molar-refractivity contribution in [1.82, 2.24) is 21.8 Å². The van der Waals surface area contributed by atoms with Crippen LogP contribution in [-0.2, 0) is 9.59 Å². The highest BCUT2D eigenvalue weighted by atomic mass is 19.1. The molecule has 0 saturated carbocycles. The van der Waals surface area contributed by atoms with Crippen LogP contribution in [-0.4, -0.2) is 46.5 Å². The van der Waals surface area contributed by atoms with Gasteiger partial charge in [0.1, 0.15) is 17.3 Å². The molecule has 0 atom stereocenters. The van der Waals surface area contributed by atoms with Crippen LogP contribution in [0.15, 0.2) is 138 Å². The first-order valence-electron chi connectivity index (χ1n) is 16.0. The van der Waals surface area contributed by atoms with E-state index in [1.807, 2.05) is 0 Å². The third-order valence-electron chi connectivity index (χ3n) is 7.41. The summed E-state index contributed by atoms with van der Waals surface area (Å²) in [7, 11) is 0. The molecule has 0 radical (unpaired) electrons.